The highest BCUT2D eigenvalue weighted by Crippen LogP contribution is 2.16. The van der Waals surface area contributed by atoms with Crippen LogP contribution in [0.25, 0.3) is 0 Å². The zero-order chi connectivity index (χ0) is 15.4. The number of carbonyl (C=O) groups excluding carboxylic acids is 1. The van der Waals surface area contributed by atoms with Crippen LogP contribution in [0.15, 0.2) is 30.5 Å². The number of aromatic nitrogens is 2. The number of amides is 1. The van der Waals surface area contributed by atoms with Crippen LogP contribution in [0.2, 0.25) is 0 Å². The summed E-state index contributed by atoms with van der Waals surface area (Å²) < 4.78 is 14.0. The second-order valence-electron chi connectivity index (χ2n) is 4.60. The minimum atomic E-state index is -0.769. The Morgan fingerprint density at radius 2 is 2.19 bits per heavy atom. The Labute approximate surface area is 121 Å². The maximum absolute atomic E-state index is 14.0. The van der Waals surface area contributed by atoms with E-state index in [1.165, 1.54) is 17.2 Å². The lowest BCUT2D eigenvalue weighted by molar-refractivity contribution is 0.0778. The molecule has 0 saturated carbocycles. The SMILES string of the molecule is Cc1cccc(CN(C)C(=O)c2ccnc(NN)c2F)n1. The molecule has 21 heavy (non-hydrogen) atoms. The summed E-state index contributed by atoms with van der Waals surface area (Å²) in [6.07, 6.45) is 1.32. The molecule has 0 spiro atoms. The summed E-state index contributed by atoms with van der Waals surface area (Å²) in [6, 6.07) is 6.86. The van der Waals surface area contributed by atoms with E-state index in [4.69, 9.17) is 5.84 Å². The number of hydrogen-bond donors (Lipinski definition) is 2. The normalized spacial score (nSPS) is 10.3. The Kier molecular flexibility index (Phi) is 4.44. The van der Waals surface area contributed by atoms with Gasteiger partial charge in [-0.2, -0.15) is 0 Å². The Balaban J connectivity index is 2.20. The molecule has 3 N–H and O–H groups in total. The molecule has 0 aromatic carbocycles. The van der Waals surface area contributed by atoms with Crippen molar-refractivity contribution in [2.24, 2.45) is 5.84 Å². The maximum Gasteiger partial charge on any atom is 0.257 e. The van der Waals surface area contributed by atoms with Crippen LogP contribution in [0.5, 0.6) is 0 Å². The first-order valence-corrected chi connectivity index (χ1v) is 6.32. The first kappa shape index (κ1) is 14.9. The van der Waals surface area contributed by atoms with Gasteiger partial charge in [0.2, 0.25) is 0 Å². The highest BCUT2D eigenvalue weighted by Gasteiger charge is 2.19. The Bertz CT molecular complexity index is 662. The topological polar surface area (TPSA) is 84.1 Å². The number of nitrogens with zero attached hydrogens (tertiary/aromatic N) is 3. The first-order valence-electron chi connectivity index (χ1n) is 6.32. The lowest BCUT2D eigenvalue weighted by Crippen LogP contribution is -2.28. The molecule has 0 aliphatic rings. The number of hydrogen-bond acceptors (Lipinski definition) is 5. The largest absolute Gasteiger partial charge is 0.336 e. The molecule has 0 atom stereocenters. The van der Waals surface area contributed by atoms with Gasteiger partial charge in [-0.3, -0.25) is 9.78 Å². The van der Waals surface area contributed by atoms with Crippen LogP contribution in [-0.2, 0) is 6.54 Å². The number of anilines is 1. The number of nitrogens with one attached hydrogen (secondary N) is 1. The van der Waals surface area contributed by atoms with E-state index < -0.39 is 11.7 Å². The second-order valence-corrected chi connectivity index (χ2v) is 4.60. The summed E-state index contributed by atoms with van der Waals surface area (Å²) in [5.41, 5.74) is 3.62. The zero-order valence-corrected chi connectivity index (χ0v) is 11.8. The van der Waals surface area contributed by atoms with E-state index in [9.17, 15) is 9.18 Å². The lowest BCUT2D eigenvalue weighted by Gasteiger charge is -2.17. The van der Waals surface area contributed by atoms with Crippen molar-refractivity contribution in [2.45, 2.75) is 13.5 Å². The van der Waals surface area contributed by atoms with Crippen LogP contribution in [0, 0.1) is 12.7 Å². The fourth-order valence-corrected chi connectivity index (χ4v) is 1.92. The number of halogens is 1. The first-order chi connectivity index (χ1) is 10.0. The number of hydrazine groups is 1. The van der Waals surface area contributed by atoms with Gasteiger partial charge in [0.25, 0.3) is 5.91 Å². The molecule has 6 nitrogen and oxygen atoms in total. The fraction of sp³-hybridized carbons (Fsp3) is 0.214. The molecular formula is C14H16FN5O. The summed E-state index contributed by atoms with van der Waals surface area (Å²) >= 11 is 0. The molecule has 110 valence electrons. The van der Waals surface area contributed by atoms with Gasteiger partial charge in [-0.1, -0.05) is 6.07 Å². The van der Waals surface area contributed by atoms with Crippen molar-refractivity contribution in [1.82, 2.24) is 14.9 Å². The van der Waals surface area contributed by atoms with Crippen LogP contribution in [-0.4, -0.2) is 27.8 Å². The van der Waals surface area contributed by atoms with Gasteiger partial charge in [0.05, 0.1) is 17.8 Å². The molecule has 2 heterocycles. The van der Waals surface area contributed by atoms with Crippen molar-refractivity contribution in [3.63, 3.8) is 0 Å². The van der Waals surface area contributed by atoms with Gasteiger partial charge in [0, 0.05) is 18.9 Å². The third-order valence-corrected chi connectivity index (χ3v) is 2.95. The molecule has 0 aliphatic carbocycles. The van der Waals surface area contributed by atoms with E-state index in [0.29, 0.717) is 0 Å². The van der Waals surface area contributed by atoms with E-state index >= 15 is 0 Å². The molecule has 2 aromatic heterocycles. The van der Waals surface area contributed by atoms with E-state index in [0.717, 1.165) is 11.4 Å². The Hall–Kier alpha value is -2.54. The van der Waals surface area contributed by atoms with Gasteiger partial charge in [0.15, 0.2) is 11.6 Å². The van der Waals surface area contributed by atoms with Crippen molar-refractivity contribution in [2.75, 3.05) is 12.5 Å². The summed E-state index contributed by atoms with van der Waals surface area (Å²) in [7, 11) is 1.59. The van der Waals surface area contributed by atoms with Gasteiger partial charge in [-0.15, -0.1) is 0 Å². The minimum absolute atomic E-state index is 0.0897. The van der Waals surface area contributed by atoms with Crippen LogP contribution in [0.4, 0.5) is 10.2 Å². The zero-order valence-electron chi connectivity index (χ0n) is 11.8. The van der Waals surface area contributed by atoms with E-state index in [-0.39, 0.29) is 17.9 Å². The summed E-state index contributed by atoms with van der Waals surface area (Å²) in [5, 5.41) is 0. The van der Waals surface area contributed by atoms with Crippen LogP contribution in [0.1, 0.15) is 21.7 Å². The third-order valence-electron chi connectivity index (χ3n) is 2.95. The number of rotatable bonds is 4. The standard InChI is InChI=1S/C14H16FN5O/c1-9-4-3-5-10(18-9)8-20(2)14(21)11-6-7-17-13(19-16)12(11)15/h3-7H,8,16H2,1-2H3,(H,17,19). The molecule has 0 saturated heterocycles. The van der Waals surface area contributed by atoms with Gasteiger partial charge < -0.3 is 10.3 Å². The highest BCUT2D eigenvalue weighted by molar-refractivity contribution is 5.95. The molecule has 0 radical (unpaired) electrons. The maximum atomic E-state index is 14.0. The molecular weight excluding hydrogens is 273 g/mol. The van der Waals surface area contributed by atoms with Crippen molar-refractivity contribution in [1.29, 1.82) is 0 Å². The average Bonchev–Trinajstić information content (AvgIpc) is 2.47. The van der Waals surface area contributed by atoms with Gasteiger partial charge in [-0.05, 0) is 25.1 Å². The minimum Gasteiger partial charge on any atom is -0.336 e. The van der Waals surface area contributed by atoms with Crippen molar-refractivity contribution in [3.8, 4) is 0 Å². The highest BCUT2D eigenvalue weighted by atomic mass is 19.1. The van der Waals surface area contributed by atoms with Gasteiger partial charge >= 0.3 is 0 Å². The predicted molar refractivity (Wildman–Crippen MR) is 76.8 cm³/mol. The van der Waals surface area contributed by atoms with Gasteiger partial charge in [-0.25, -0.2) is 15.2 Å². The van der Waals surface area contributed by atoms with E-state index in [1.807, 2.05) is 25.1 Å². The molecule has 1 amide bonds. The molecule has 0 unspecified atom stereocenters. The van der Waals surface area contributed by atoms with Crippen molar-refractivity contribution in [3.05, 3.63) is 53.2 Å². The van der Waals surface area contributed by atoms with E-state index in [2.05, 4.69) is 15.4 Å². The van der Waals surface area contributed by atoms with Gasteiger partial charge in [0.1, 0.15) is 0 Å². The molecule has 0 bridgehead atoms. The molecule has 2 aromatic rings. The summed E-state index contributed by atoms with van der Waals surface area (Å²) in [6.45, 7) is 2.15. The Morgan fingerprint density at radius 1 is 1.43 bits per heavy atom. The number of carbonyl (C=O) groups is 1. The molecule has 7 heteroatoms. The van der Waals surface area contributed by atoms with Crippen molar-refractivity contribution >= 4 is 11.7 Å². The second kappa shape index (κ2) is 6.27. The molecule has 2 rings (SSSR count). The summed E-state index contributed by atoms with van der Waals surface area (Å²) in [5.74, 6) is 3.75. The van der Waals surface area contributed by atoms with E-state index in [1.54, 1.807) is 7.05 Å². The predicted octanol–water partition coefficient (Wildman–Crippen LogP) is 1.48. The monoisotopic (exact) mass is 289 g/mol. The Morgan fingerprint density at radius 3 is 2.86 bits per heavy atom. The van der Waals surface area contributed by atoms with Crippen molar-refractivity contribution < 1.29 is 9.18 Å². The molecule has 0 fully saturated rings. The smallest absolute Gasteiger partial charge is 0.257 e. The number of aryl methyl sites for hydroxylation is 1. The summed E-state index contributed by atoms with van der Waals surface area (Å²) in [4.78, 5) is 21.7. The lowest BCUT2D eigenvalue weighted by atomic mass is 10.2. The van der Waals surface area contributed by atoms with Crippen LogP contribution >= 0.6 is 0 Å². The van der Waals surface area contributed by atoms with Crippen LogP contribution < -0.4 is 11.3 Å². The average molecular weight is 289 g/mol. The number of pyridine rings is 2. The molecule has 0 aliphatic heterocycles. The fourth-order valence-electron chi connectivity index (χ4n) is 1.92. The third kappa shape index (κ3) is 3.32. The number of nitrogens with two attached hydrogens (primary N) is 1. The quantitative estimate of drug-likeness (QED) is 0.658. The number of nitrogen functional groups attached to an aromatic ring is 1. The van der Waals surface area contributed by atoms with Crippen LogP contribution in [0.3, 0.4) is 0 Å².